The Morgan fingerprint density at radius 1 is 0.900 bits per heavy atom. The summed E-state index contributed by atoms with van der Waals surface area (Å²) in [4.78, 5) is 42.2. The molecule has 10 heteroatoms. The molecule has 2 amide bonds. The van der Waals surface area contributed by atoms with E-state index in [1.807, 2.05) is 23.6 Å². The Morgan fingerprint density at radius 2 is 1.37 bits per heavy atom. The minimum Gasteiger partial charge on any atom is -0.467 e. The quantitative estimate of drug-likeness (QED) is 0.660. The van der Waals surface area contributed by atoms with Crippen LogP contribution in [-0.4, -0.2) is 73.1 Å². The van der Waals surface area contributed by atoms with E-state index in [1.54, 1.807) is 0 Å². The van der Waals surface area contributed by atoms with Gasteiger partial charge in [0, 0.05) is 39.3 Å². The van der Waals surface area contributed by atoms with Gasteiger partial charge in [-0.2, -0.15) is 15.0 Å². The van der Waals surface area contributed by atoms with Crippen molar-refractivity contribution in [3.8, 4) is 6.01 Å². The molecule has 2 unspecified atom stereocenters. The lowest BCUT2D eigenvalue weighted by Gasteiger charge is -2.34. The van der Waals surface area contributed by atoms with Crippen LogP contribution in [0.1, 0.15) is 39.5 Å². The summed E-state index contributed by atoms with van der Waals surface area (Å²) in [5.41, 5.74) is 0. The van der Waals surface area contributed by atoms with Crippen LogP contribution in [0.3, 0.4) is 0 Å². The van der Waals surface area contributed by atoms with Crippen LogP contribution in [0.4, 0.5) is 11.9 Å². The van der Waals surface area contributed by atoms with Gasteiger partial charge in [0.1, 0.15) is 0 Å². The number of rotatable bonds is 7. The Balaban J connectivity index is 1.78. The minimum absolute atomic E-state index is 0.0734. The van der Waals surface area contributed by atoms with Crippen LogP contribution in [0.25, 0.3) is 0 Å². The molecule has 0 bridgehead atoms. The van der Waals surface area contributed by atoms with Gasteiger partial charge in [-0.25, -0.2) is 0 Å². The van der Waals surface area contributed by atoms with Crippen molar-refractivity contribution >= 4 is 23.7 Å². The number of anilines is 2. The van der Waals surface area contributed by atoms with E-state index in [-0.39, 0.29) is 29.7 Å². The lowest BCUT2D eigenvalue weighted by molar-refractivity contribution is -0.125. The van der Waals surface area contributed by atoms with Gasteiger partial charge in [-0.15, -0.1) is 0 Å². The van der Waals surface area contributed by atoms with E-state index in [9.17, 15) is 9.59 Å². The van der Waals surface area contributed by atoms with E-state index in [0.717, 1.165) is 38.8 Å². The largest absolute Gasteiger partial charge is 0.467 e. The van der Waals surface area contributed by atoms with E-state index >= 15 is 0 Å². The molecular formula is C20H33N7O3. The highest BCUT2D eigenvalue weighted by molar-refractivity contribution is 5.80. The van der Waals surface area contributed by atoms with Crippen LogP contribution < -0.4 is 25.2 Å². The van der Waals surface area contributed by atoms with Crippen molar-refractivity contribution in [1.29, 1.82) is 0 Å². The van der Waals surface area contributed by atoms with Crippen LogP contribution in [0.2, 0.25) is 0 Å². The molecule has 0 aromatic carbocycles. The predicted molar refractivity (Wildman–Crippen MR) is 114 cm³/mol. The maximum atomic E-state index is 12.3. The van der Waals surface area contributed by atoms with E-state index in [2.05, 4.69) is 20.6 Å². The summed E-state index contributed by atoms with van der Waals surface area (Å²) in [5.74, 6) is 1.02. The van der Waals surface area contributed by atoms with Crippen molar-refractivity contribution in [2.45, 2.75) is 39.5 Å². The number of aromatic nitrogens is 3. The Labute approximate surface area is 177 Å². The third-order valence-corrected chi connectivity index (χ3v) is 5.63. The smallest absolute Gasteiger partial charge is 0.322 e. The van der Waals surface area contributed by atoms with Crippen LogP contribution >= 0.6 is 0 Å². The van der Waals surface area contributed by atoms with Crippen LogP contribution in [0.15, 0.2) is 0 Å². The van der Waals surface area contributed by atoms with Crippen molar-refractivity contribution in [1.82, 2.24) is 25.6 Å². The molecule has 166 valence electrons. The molecule has 2 atom stereocenters. The van der Waals surface area contributed by atoms with Crippen LogP contribution in [0.5, 0.6) is 6.01 Å². The normalized spacial score (nSPS) is 21.8. The standard InChI is InChI=1S/C20H33N7O3/c1-4-21-16(28)14-8-6-10-26(12-14)18-23-19(25-20(24-18)30-3)27-11-7-9-15(13-27)17(29)22-5-2/h14-15H,4-13H2,1-3H3,(H,21,28)(H,22,29). The van der Waals surface area contributed by atoms with Crippen molar-refractivity contribution in [3.63, 3.8) is 0 Å². The van der Waals surface area contributed by atoms with Crippen molar-refractivity contribution < 1.29 is 14.3 Å². The predicted octanol–water partition coefficient (Wildman–Crippen LogP) is 0.585. The number of amides is 2. The molecule has 2 saturated heterocycles. The van der Waals surface area contributed by atoms with Gasteiger partial charge in [-0.05, 0) is 39.5 Å². The fourth-order valence-corrected chi connectivity index (χ4v) is 4.09. The maximum Gasteiger partial charge on any atom is 0.322 e. The highest BCUT2D eigenvalue weighted by Gasteiger charge is 2.30. The minimum atomic E-state index is -0.0815. The van der Waals surface area contributed by atoms with Gasteiger partial charge in [0.05, 0.1) is 18.9 Å². The zero-order valence-electron chi connectivity index (χ0n) is 18.2. The first-order valence-corrected chi connectivity index (χ1v) is 10.9. The third-order valence-electron chi connectivity index (χ3n) is 5.63. The number of nitrogens with zero attached hydrogens (tertiary/aromatic N) is 5. The van der Waals surface area contributed by atoms with E-state index in [1.165, 1.54) is 7.11 Å². The number of hydrogen-bond acceptors (Lipinski definition) is 8. The summed E-state index contributed by atoms with van der Waals surface area (Å²) in [7, 11) is 1.53. The zero-order valence-corrected chi connectivity index (χ0v) is 18.2. The van der Waals surface area contributed by atoms with Gasteiger partial charge in [0.15, 0.2) is 0 Å². The monoisotopic (exact) mass is 419 g/mol. The summed E-state index contributed by atoms with van der Waals surface area (Å²) in [5, 5.41) is 5.82. The SMILES string of the molecule is CCNC(=O)C1CCCN(c2nc(OC)nc(N3CCCC(C(=O)NCC)C3)n2)C1. The number of methoxy groups -OCH3 is 1. The van der Waals surface area contributed by atoms with Gasteiger partial charge < -0.3 is 25.2 Å². The highest BCUT2D eigenvalue weighted by atomic mass is 16.5. The van der Waals surface area contributed by atoms with Crippen LogP contribution in [-0.2, 0) is 9.59 Å². The lowest BCUT2D eigenvalue weighted by atomic mass is 9.97. The van der Waals surface area contributed by atoms with E-state index < -0.39 is 0 Å². The Hall–Kier alpha value is -2.65. The van der Waals surface area contributed by atoms with Gasteiger partial charge in [-0.3, -0.25) is 9.59 Å². The van der Waals surface area contributed by atoms with Gasteiger partial charge in [0.25, 0.3) is 0 Å². The Morgan fingerprint density at radius 3 is 1.77 bits per heavy atom. The maximum absolute atomic E-state index is 12.3. The molecule has 2 N–H and O–H groups in total. The first-order chi connectivity index (χ1) is 14.5. The average Bonchev–Trinajstić information content (AvgIpc) is 2.79. The molecule has 0 saturated carbocycles. The molecule has 2 fully saturated rings. The third kappa shape index (κ3) is 5.28. The summed E-state index contributed by atoms with van der Waals surface area (Å²) in [6, 6.07) is 0.246. The molecule has 1 aromatic heterocycles. The number of hydrogen-bond donors (Lipinski definition) is 2. The van der Waals surface area contributed by atoms with Crippen molar-refractivity contribution in [2.75, 3.05) is 56.2 Å². The summed E-state index contributed by atoms with van der Waals surface area (Å²) >= 11 is 0. The topological polar surface area (TPSA) is 113 Å². The van der Waals surface area contributed by atoms with Crippen LogP contribution in [0, 0.1) is 11.8 Å². The Bertz CT molecular complexity index is 689. The van der Waals surface area contributed by atoms with Gasteiger partial charge in [0.2, 0.25) is 23.7 Å². The molecule has 3 heterocycles. The highest BCUT2D eigenvalue weighted by Crippen LogP contribution is 2.26. The first-order valence-electron chi connectivity index (χ1n) is 10.9. The van der Waals surface area contributed by atoms with E-state index in [4.69, 9.17) is 9.72 Å². The summed E-state index contributed by atoms with van der Waals surface area (Å²) < 4.78 is 5.33. The molecule has 0 spiro atoms. The van der Waals surface area contributed by atoms with Gasteiger partial charge >= 0.3 is 6.01 Å². The Kier molecular flexibility index (Phi) is 7.64. The second-order valence-corrected chi connectivity index (χ2v) is 7.78. The molecule has 2 aliphatic rings. The zero-order chi connectivity index (χ0) is 21.5. The number of ether oxygens (including phenoxy) is 1. The molecule has 10 nitrogen and oxygen atoms in total. The number of piperidine rings is 2. The number of carbonyl (C=O) groups excluding carboxylic acids is 2. The molecule has 0 radical (unpaired) electrons. The molecule has 1 aromatic rings. The molecule has 3 rings (SSSR count). The fraction of sp³-hybridized carbons (Fsp3) is 0.750. The number of carbonyl (C=O) groups is 2. The number of nitrogens with one attached hydrogen (secondary N) is 2. The van der Waals surface area contributed by atoms with E-state index in [0.29, 0.717) is 38.1 Å². The molecular weight excluding hydrogens is 386 g/mol. The first kappa shape index (κ1) is 22.0. The second-order valence-electron chi connectivity index (χ2n) is 7.78. The summed E-state index contributed by atoms with van der Waals surface area (Å²) in [6.45, 7) is 7.80. The molecule has 30 heavy (non-hydrogen) atoms. The van der Waals surface area contributed by atoms with Crippen molar-refractivity contribution in [2.24, 2.45) is 11.8 Å². The molecule has 2 aliphatic heterocycles. The fourth-order valence-electron chi connectivity index (χ4n) is 4.09. The average molecular weight is 420 g/mol. The van der Waals surface area contributed by atoms with Gasteiger partial charge in [-0.1, -0.05) is 0 Å². The lowest BCUT2D eigenvalue weighted by Crippen LogP contribution is -2.45. The van der Waals surface area contributed by atoms with Crippen molar-refractivity contribution in [3.05, 3.63) is 0 Å². The molecule has 0 aliphatic carbocycles. The summed E-state index contributed by atoms with van der Waals surface area (Å²) in [6.07, 6.45) is 3.51. The second kappa shape index (κ2) is 10.4.